The molecule has 4 nitrogen and oxygen atoms in total. The zero-order valence-corrected chi connectivity index (χ0v) is 9.09. The van der Waals surface area contributed by atoms with E-state index in [1.807, 2.05) is 0 Å². The molecule has 0 heterocycles. The monoisotopic (exact) mass is 247 g/mol. The van der Waals surface area contributed by atoms with Crippen molar-refractivity contribution in [3.8, 4) is 0 Å². The summed E-state index contributed by atoms with van der Waals surface area (Å²) in [6.07, 6.45) is 0.280. The predicted molar refractivity (Wildman–Crippen MR) is 57.3 cm³/mol. The van der Waals surface area contributed by atoms with Gasteiger partial charge in [0.2, 0.25) is 5.24 Å². The van der Waals surface area contributed by atoms with Gasteiger partial charge in [-0.2, -0.15) is 0 Å². The molecule has 0 saturated carbocycles. The number of carbonyl (C=O) groups excluding carboxylic acids is 1. The van der Waals surface area contributed by atoms with Crippen LogP contribution >= 0.6 is 23.2 Å². The van der Waals surface area contributed by atoms with Gasteiger partial charge in [-0.25, -0.2) is 0 Å². The molecule has 0 spiro atoms. The van der Waals surface area contributed by atoms with Crippen molar-refractivity contribution < 1.29 is 9.72 Å². The second-order valence-electron chi connectivity index (χ2n) is 2.89. The number of nitro benzene ring substituents is 1. The molecule has 0 saturated heterocycles. The smallest absolute Gasteiger partial charge is 0.272 e. The van der Waals surface area contributed by atoms with Gasteiger partial charge in [-0.3, -0.25) is 14.9 Å². The van der Waals surface area contributed by atoms with Crippen LogP contribution in [0.3, 0.4) is 0 Å². The molecule has 80 valence electrons. The first-order valence-electron chi connectivity index (χ1n) is 4.12. The van der Waals surface area contributed by atoms with Gasteiger partial charge < -0.3 is 0 Å². The van der Waals surface area contributed by atoms with Crippen molar-refractivity contribution in [2.75, 3.05) is 0 Å². The van der Waals surface area contributed by atoms with Gasteiger partial charge in [-0.1, -0.05) is 11.6 Å². The predicted octanol–water partition coefficient (Wildman–Crippen LogP) is 2.95. The third-order valence-corrected chi connectivity index (χ3v) is 2.25. The Morgan fingerprint density at radius 1 is 1.47 bits per heavy atom. The molecule has 15 heavy (non-hydrogen) atoms. The maximum atomic E-state index is 10.6. The minimum Gasteiger partial charge on any atom is -0.281 e. The summed E-state index contributed by atoms with van der Waals surface area (Å²) in [6, 6.07) is 4.22. The van der Waals surface area contributed by atoms with E-state index in [-0.39, 0.29) is 18.5 Å². The maximum Gasteiger partial charge on any atom is 0.272 e. The summed E-state index contributed by atoms with van der Waals surface area (Å²) in [5.41, 5.74) is 0.374. The molecule has 0 aliphatic rings. The molecule has 0 aliphatic heterocycles. The number of nitro groups is 1. The lowest BCUT2D eigenvalue weighted by Gasteiger charge is -2.01. The van der Waals surface area contributed by atoms with Crippen LogP contribution in [0.1, 0.15) is 12.0 Å². The number of benzene rings is 1. The average Bonchev–Trinajstić information content (AvgIpc) is 2.14. The van der Waals surface area contributed by atoms with E-state index in [1.165, 1.54) is 18.2 Å². The first-order chi connectivity index (χ1) is 7.00. The lowest BCUT2D eigenvalue weighted by molar-refractivity contribution is -0.385. The van der Waals surface area contributed by atoms with Gasteiger partial charge in [0.25, 0.3) is 5.69 Å². The van der Waals surface area contributed by atoms with Gasteiger partial charge in [-0.05, 0) is 30.2 Å². The van der Waals surface area contributed by atoms with Crippen molar-refractivity contribution in [3.05, 3.63) is 38.9 Å². The minimum atomic E-state index is -0.524. The summed E-state index contributed by atoms with van der Waals surface area (Å²) in [5.74, 6) is 0. The molecule has 0 N–H and O–H groups in total. The van der Waals surface area contributed by atoms with Gasteiger partial charge in [0, 0.05) is 23.1 Å². The Morgan fingerprint density at radius 3 is 2.67 bits per heavy atom. The molecule has 0 aromatic heterocycles. The van der Waals surface area contributed by atoms with E-state index >= 15 is 0 Å². The fourth-order valence-electron chi connectivity index (χ4n) is 1.17. The lowest BCUT2D eigenvalue weighted by atomic mass is 10.1. The highest BCUT2D eigenvalue weighted by atomic mass is 35.5. The van der Waals surface area contributed by atoms with E-state index < -0.39 is 10.2 Å². The van der Waals surface area contributed by atoms with Gasteiger partial charge in [0.1, 0.15) is 0 Å². The fraction of sp³-hybridized carbons (Fsp3) is 0.222. The zero-order chi connectivity index (χ0) is 11.4. The molecule has 0 bridgehead atoms. The normalized spacial score (nSPS) is 10.0. The quantitative estimate of drug-likeness (QED) is 0.467. The van der Waals surface area contributed by atoms with Crippen LogP contribution in [0, 0.1) is 10.1 Å². The Labute approximate surface area is 95.9 Å². The summed E-state index contributed by atoms with van der Waals surface area (Å²) in [4.78, 5) is 20.7. The van der Waals surface area contributed by atoms with E-state index in [2.05, 4.69) is 0 Å². The second-order valence-corrected chi connectivity index (χ2v) is 3.74. The van der Waals surface area contributed by atoms with E-state index in [0.29, 0.717) is 10.6 Å². The largest absolute Gasteiger partial charge is 0.281 e. The third kappa shape index (κ3) is 3.49. The Hall–Kier alpha value is -1.13. The molecule has 1 aromatic carbocycles. The third-order valence-electron chi connectivity index (χ3n) is 1.83. The van der Waals surface area contributed by atoms with Crippen LogP contribution < -0.4 is 0 Å². The van der Waals surface area contributed by atoms with E-state index in [9.17, 15) is 14.9 Å². The van der Waals surface area contributed by atoms with Crippen LogP contribution in [0.2, 0.25) is 5.02 Å². The molecule has 0 amide bonds. The lowest BCUT2D eigenvalue weighted by Crippen LogP contribution is -1.98. The summed E-state index contributed by atoms with van der Waals surface area (Å²) < 4.78 is 0. The van der Waals surface area contributed by atoms with Gasteiger partial charge in [-0.15, -0.1) is 0 Å². The van der Waals surface area contributed by atoms with Gasteiger partial charge >= 0.3 is 0 Å². The molecular weight excluding hydrogens is 241 g/mol. The van der Waals surface area contributed by atoms with Gasteiger partial charge in [0.15, 0.2) is 0 Å². The Balaban J connectivity index is 2.96. The SMILES string of the molecule is O=C(Cl)CCc1cc(Cl)ccc1[N+](=O)[O-]. The van der Waals surface area contributed by atoms with Gasteiger partial charge in [0.05, 0.1) is 4.92 Å². The summed E-state index contributed by atoms with van der Waals surface area (Å²) >= 11 is 10.9. The van der Waals surface area contributed by atoms with Crippen LogP contribution in [0.15, 0.2) is 18.2 Å². The number of hydrogen-bond acceptors (Lipinski definition) is 3. The van der Waals surface area contributed by atoms with Crippen LogP contribution in [0.4, 0.5) is 5.69 Å². The van der Waals surface area contributed by atoms with Crippen molar-refractivity contribution >= 4 is 34.1 Å². The number of halogens is 2. The van der Waals surface area contributed by atoms with Crippen molar-refractivity contribution in [1.82, 2.24) is 0 Å². The number of rotatable bonds is 4. The molecule has 0 fully saturated rings. The topological polar surface area (TPSA) is 60.2 Å². The fourth-order valence-corrected chi connectivity index (χ4v) is 1.45. The maximum absolute atomic E-state index is 10.6. The minimum absolute atomic E-state index is 0.0442. The molecule has 0 aliphatic carbocycles. The van der Waals surface area contributed by atoms with E-state index in [1.54, 1.807) is 0 Å². The summed E-state index contributed by atoms with van der Waals surface area (Å²) in [5, 5.41) is 10.5. The number of nitrogens with zero attached hydrogens (tertiary/aromatic N) is 1. The molecule has 0 unspecified atom stereocenters. The number of aryl methyl sites for hydroxylation is 1. The Morgan fingerprint density at radius 2 is 2.13 bits per heavy atom. The zero-order valence-electron chi connectivity index (χ0n) is 7.57. The molecule has 0 atom stereocenters. The van der Waals surface area contributed by atoms with Crippen LogP contribution in [-0.4, -0.2) is 10.2 Å². The standard InChI is InChI=1S/C9H7Cl2NO3/c10-7-2-3-8(12(14)15)6(5-7)1-4-9(11)13/h2-3,5H,1,4H2. The van der Waals surface area contributed by atoms with Crippen molar-refractivity contribution in [1.29, 1.82) is 0 Å². The van der Waals surface area contributed by atoms with Crippen LogP contribution in [0.5, 0.6) is 0 Å². The molecular formula is C9H7Cl2NO3. The molecule has 6 heteroatoms. The summed E-state index contributed by atoms with van der Waals surface area (Å²) in [6.45, 7) is 0. The van der Waals surface area contributed by atoms with Crippen LogP contribution in [-0.2, 0) is 11.2 Å². The van der Waals surface area contributed by atoms with Crippen LogP contribution in [0.25, 0.3) is 0 Å². The van der Waals surface area contributed by atoms with Crippen molar-refractivity contribution in [3.63, 3.8) is 0 Å². The Kier molecular flexibility index (Phi) is 4.05. The van der Waals surface area contributed by atoms with Crippen molar-refractivity contribution in [2.45, 2.75) is 12.8 Å². The van der Waals surface area contributed by atoms with Crippen molar-refractivity contribution in [2.24, 2.45) is 0 Å². The highest BCUT2D eigenvalue weighted by Gasteiger charge is 2.14. The molecule has 1 rings (SSSR count). The van der Waals surface area contributed by atoms with E-state index in [0.717, 1.165) is 0 Å². The first-order valence-corrected chi connectivity index (χ1v) is 4.87. The summed E-state index contributed by atoms with van der Waals surface area (Å²) in [7, 11) is 0. The highest BCUT2D eigenvalue weighted by Crippen LogP contribution is 2.24. The highest BCUT2D eigenvalue weighted by molar-refractivity contribution is 6.63. The first kappa shape index (κ1) is 11.9. The molecule has 1 aromatic rings. The van der Waals surface area contributed by atoms with E-state index in [4.69, 9.17) is 23.2 Å². The number of hydrogen-bond donors (Lipinski definition) is 0. The Bertz CT molecular complexity index is 406. The average molecular weight is 248 g/mol. The second kappa shape index (κ2) is 5.09. The number of carbonyl (C=O) groups is 1. The molecule has 0 radical (unpaired) electrons.